The van der Waals surface area contributed by atoms with Gasteiger partial charge in [0, 0.05) is 12.1 Å². The fourth-order valence-electron chi connectivity index (χ4n) is 0.485. The second-order valence-corrected chi connectivity index (χ2v) is 1.54. The molecule has 0 saturated carbocycles. The van der Waals surface area contributed by atoms with Crippen LogP contribution in [0.5, 0.6) is 0 Å². The van der Waals surface area contributed by atoms with Crippen LogP contribution in [-0.4, -0.2) is 0 Å². The number of hydrogen-bond acceptors (Lipinski definition) is 0. The van der Waals surface area contributed by atoms with Crippen molar-refractivity contribution in [2.45, 2.75) is 0 Å². The first-order valence-corrected chi connectivity index (χ1v) is 2.30. The Morgan fingerprint density at radius 2 is 1.50 bits per heavy atom. The molecule has 0 fully saturated rings. The van der Waals surface area contributed by atoms with Crippen LogP contribution in [0, 0.1) is 0 Å². The molecule has 8 heavy (non-hydrogen) atoms. The summed E-state index contributed by atoms with van der Waals surface area (Å²) >= 11 is 0. The van der Waals surface area contributed by atoms with Crippen molar-refractivity contribution in [1.29, 1.82) is 0 Å². The number of halogens is 1. The Morgan fingerprint density at radius 1 is 1.00 bits per heavy atom. The number of rotatable bonds is 0. The number of aromatic nitrogens is 1. The molecule has 1 nitrogen and oxygen atoms in total. The second kappa shape index (κ2) is 3.13. The number of hydrogen-bond donors (Lipinski definition) is 0. The summed E-state index contributed by atoms with van der Waals surface area (Å²) in [6.07, 6.45) is 4.00. The van der Waals surface area contributed by atoms with Crippen molar-refractivity contribution in [2.24, 2.45) is 7.05 Å². The Hall–Kier alpha value is -0.920. The van der Waals surface area contributed by atoms with Crippen molar-refractivity contribution in [2.75, 3.05) is 0 Å². The molecule has 0 N–H and O–H groups in total. The molecule has 1 aromatic heterocycles. The molecule has 1 aromatic rings. The van der Waals surface area contributed by atoms with E-state index < -0.39 is 0 Å². The van der Waals surface area contributed by atoms with Gasteiger partial charge < -0.3 is 0 Å². The highest BCUT2D eigenvalue weighted by Crippen LogP contribution is 1.71. The molecule has 0 spiro atoms. The van der Waals surface area contributed by atoms with Crippen LogP contribution >= 0.6 is 0 Å². The predicted octanol–water partition coefficient (Wildman–Crippen LogP) is 0.664. The summed E-state index contributed by atoms with van der Waals surface area (Å²) in [5.41, 5.74) is 0. The molecule has 1 rings (SSSR count). The molecule has 0 atom stereocenters. The van der Waals surface area contributed by atoms with Gasteiger partial charge in [-0.05, 0) is 0 Å². The van der Waals surface area contributed by atoms with Crippen LogP contribution in [0.2, 0.25) is 0 Å². The number of aryl methyl sites for hydroxylation is 1. The highest BCUT2D eigenvalue weighted by Gasteiger charge is 1.78. The first kappa shape index (κ1) is 7.08. The molecular formula is C6H9FN+. The van der Waals surface area contributed by atoms with Crippen LogP contribution in [0.3, 0.4) is 0 Å². The molecule has 0 aliphatic rings. The summed E-state index contributed by atoms with van der Waals surface area (Å²) in [6, 6.07) is 6.00. The second-order valence-electron chi connectivity index (χ2n) is 1.54. The highest BCUT2D eigenvalue weighted by molar-refractivity contribution is 4.83. The topological polar surface area (TPSA) is 3.88 Å². The van der Waals surface area contributed by atoms with Gasteiger partial charge in [0.1, 0.15) is 7.05 Å². The van der Waals surface area contributed by atoms with E-state index in [1.165, 1.54) is 0 Å². The molecule has 0 saturated heterocycles. The fourth-order valence-corrected chi connectivity index (χ4v) is 0.485. The van der Waals surface area contributed by atoms with E-state index in [1.807, 2.05) is 42.2 Å². The summed E-state index contributed by atoms with van der Waals surface area (Å²) in [5, 5.41) is 0. The van der Waals surface area contributed by atoms with Crippen molar-refractivity contribution < 1.29 is 9.27 Å². The molecule has 0 bridgehead atoms. The van der Waals surface area contributed by atoms with Crippen molar-refractivity contribution >= 4 is 0 Å². The van der Waals surface area contributed by atoms with E-state index in [2.05, 4.69) is 0 Å². The van der Waals surface area contributed by atoms with Gasteiger partial charge in [-0.15, -0.1) is 0 Å². The lowest BCUT2D eigenvalue weighted by Gasteiger charge is -1.77. The van der Waals surface area contributed by atoms with Crippen molar-refractivity contribution in [3.63, 3.8) is 0 Å². The van der Waals surface area contributed by atoms with E-state index in [4.69, 9.17) is 0 Å². The zero-order valence-corrected chi connectivity index (χ0v) is 4.74. The Morgan fingerprint density at radius 3 is 1.75 bits per heavy atom. The molecule has 2 heteroatoms. The SMILES string of the molecule is C[n+]1ccccc1.F. The Kier molecular flexibility index (Phi) is 2.77. The van der Waals surface area contributed by atoms with Crippen LogP contribution in [-0.2, 0) is 7.05 Å². The average molecular weight is 114 g/mol. The fraction of sp³-hybridized carbons (Fsp3) is 0.167. The highest BCUT2D eigenvalue weighted by atomic mass is 19.0. The summed E-state index contributed by atoms with van der Waals surface area (Å²) in [6.45, 7) is 0. The van der Waals surface area contributed by atoms with Crippen molar-refractivity contribution in [3.05, 3.63) is 30.6 Å². The summed E-state index contributed by atoms with van der Waals surface area (Å²) in [5.74, 6) is 0. The van der Waals surface area contributed by atoms with Crippen LogP contribution in [0.25, 0.3) is 0 Å². The van der Waals surface area contributed by atoms with Gasteiger partial charge in [-0.1, -0.05) is 6.07 Å². The summed E-state index contributed by atoms with van der Waals surface area (Å²) in [4.78, 5) is 0. The van der Waals surface area contributed by atoms with E-state index in [1.54, 1.807) is 0 Å². The molecule has 0 unspecified atom stereocenters. The van der Waals surface area contributed by atoms with Gasteiger partial charge >= 0.3 is 0 Å². The molecule has 0 aliphatic heterocycles. The molecule has 1 heterocycles. The standard InChI is InChI=1S/C6H8N.FH/c1-7-5-3-2-4-6-7;/h2-6H,1H3;1H/q+1;. The maximum absolute atomic E-state index is 2.00. The largest absolute Gasteiger partial charge is 0.269 e. The molecule has 0 amide bonds. The third-order valence-corrected chi connectivity index (χ3v) is 0.865. The maximum Gasteiger partial charge on any atom is 0.168 e. The minimum absolute atomic E-state index is 0. The maximum atomic E-state index is 2.00. The van der Waals surface area contributed by atoms with Crippen molar-refractivity contribution in [3.8, 4) is 0 Å². The van der Waals surface area contributed by atoms with Gasteiger partial charge in [0.25, 0.3) is 0 Å². The Bertz CT molecular complexity index is 138. The van der Waals surface area contributed by atoms with Gasteiger partial charge in [-0.3, -0.25) is 4.70 Å². The van der Waals surface area contributed by atoms with Crippen molar-refractivity contribution in [1.82, 2.24) is 0 Å². The zero-order chi connectivity index (χ0) is 5.11. The first-order chi connectivity index (χ1) is 3.39. The number of pyridine rings is 1. The third-order valence-electron chi connectivity index (χ3n) is 0.865. The lowest BCUT2D eigenvalue weighted by atomic mass is 10.5. The van der Waals surface area contributed by atoms with E-state index in [9.17, 15) is 0 Å². The van der Waals surface area contributed by atoms with E-state index >= 15 is 0 Å². The first-order valence-electron chi connectivity index (χ1n) is 2.30. The van der Waals surface area contributed by atoms with Gasteiger partial charge in [-0.25, -0.2) is 4.57 Å². The van der Waals surface area contributed by atoms with Crippen LogP contribution in [0.1, 0.15) is 0 Å². The van der Waals surface area contributed by atoms with Crippen LogP contribution in [0.15, 0.2) is 30.6 Å². The van der Waals surface area contributed by atoms with Crippen LogP contribution < -0.4 is 4.57 Å². The molecule has 0 aromatic carbocycles. The molecular weight excluding hydrogens is 105 g/mol. The number of nitrogens with zero attached hydrogens (tertiary/aromatic N) is 1. The smallest absolute Gasteiger partial charge is 0.168 e. The third kappa shape index (κ3) is 1.69. The van der Waals surface area contributed by atoms with Gasteiger partial charge in [-0.2, -0.15) is 0 Å². The molecule has 0 aliphatic carbocycles. The van der Waals surface area contributed by atoms with Crippen LogP contribution in [0.4, 0.5) is 4.70 Å². The van der Waals surface area contributed by atoms with E-state index in [0.717, 1.165) is 0 Å². The normalized spacial score (nSPS) is 7.62. The van der Waals surface area contributed by atoms with E-state index in [-0.39, 0.29) is 4.70 Å². The summed E-state index contributed by atoms with van der Waals surface area (Å²) in [7, 11) is 2.00. The van der Waals surface area contributed by atoms with Gasteiger partial charge in [0.05, 0.1) is 0 Å². The quantitative estimate of drug-likeness (QED) is 0.436. The Labute approximate surface area is 48.0 Å². The minimum Gasteiger partial charge on any atom is -0.269 e. The monoisotopic (exact) mass is 114 g/mol. The zero-order valence-electron chi connectivity index (χ0n) is 4.74. The van der Waals surface area contributed by atoms with Gasteiger partial charge in [0.15, 0.2) is 12.4 Å². The molecule has 0 radical (unpaired) electrons. The lowest BCUT2D eigenvalue weighted by molar-refractivity contribution is -0.671. The van der Waals surface area contributed by atoms with Gasteiger partial charge in [0.2, 0.25) is 0 Å². The average Bonchev–Trinajstić information content (AvgIpc) is 1.69. The predicted molar refractivity (Wildman–Crippen MR) is 30.1 cm³/mol. The Balaban J connectivity index is 0.000000490. The summed E-state index contributed by atoms with van der Waals surface area (Å²) < 4.78 is 2.00. The van der Waals surface area contributed by atoms with E-state index in [0.29, 0.717) is 0 Å². The minimum atomic E-state index is 0. The molecule has 44 valence electrons. The lowest BCUT2D eigenvalue weighted by Crippen LogP contribution is -2.25.